The van der Waals surface area contributed by atoms with E-state index in [0.717, 1.165) is 52.2 Å². The molecule has 0 saturated heterocycles. The summed E-state index contributed by atoms with van der Waals surface area (Å²) in [5.74, 6) is 0.314. The summed E-state index contributed by atoms with van der Waals surface area (Å²) in [5, 5.41) is 15.5. The fourth-order valence-corrected chi connectivity index (χ4v) is 3.86. The number of fused-ring (bicyclic) bond motifs is 1. The minimum absolute atomic E-state index is 0.314. The predicted octanol–water partition coefficient (Wildman–Crippen LogP) is 6.85. The first-order valence-electron chi connectivity index (χ1n) is 10.5. The third kappa shape index (κ3) is 4.82. The van der Waals surface area contributed by atoms with Crippen molar-refractivity contribution in [3.63, 3.8) is 0 Å². The Hall–Kier alpha value is -3.08. The number of nitrogens with zero attached hydrogens (tertiary/aromatic N) is 2. The number of halogens is 1. The van der Waals surface area contributed by atoms with Crippen molar-refractivity contribution in [1.82, 2.24) is 9.88 Å². The number of nitrogens with one attached hydrogen (secondary N) is 1. The quantitative estimate of drug-likeness (QED) is 0.314. The van der Waals surface area contributed by atoms with Crippen molar-refractivity contribution in [2.75, 3.05) is 18.4 Å². The molecule has 0 atom stereocenters. The van der Waals surface area contributed by atoms with E-state index in [0.29, 0.717) is 17.3 Å². The highest BCUT2D eigenvalue weighted by atomic mass is 35.5. The van der Waals surface area contributed by atoms with E-state index in [-0.39, 0.29) is 0 Å². The Morgan fingerprint density at radius 3 is 2.45 bits per heavy atom. The monoisotopic (exact) mass is 431 g/mol. The number of hydrogen-bond acceptors (Lipinski definition) is 4. The van der Waals surface area contributed by atoms with Crippen LogP contribution in [0, 0.1) is 0 Å². The van der Waals surface area contributed by atoms with Gasteiger partial charge in [-0.05, 0) is 55.6 Å². The summed E-state index contributed by atoms with van der Waals surface area (Å²) >= 11 is 6.25. The number of hydrogen-bond donors (Lipinski definition) is 2. The molecular weight excluding hydrogens is 406 g/mol. The third-order valence-corrected chi connectivity index (χ3v) is 5.72. The minimum atomic E-state index is 0.314. The Kier molecular flexibility index (Phi) is 6.40. The molecule has 4 aromatic rings. The van der Waals surface area contributed by atoms with Crippen LogP contribution in [0.1, 0.15) is 19.4 Å². The standard InChI is InChI=1S/C26H26ClN3O/c1-3-30(4-2)17-19-14-21(11-13-26(19)31)28-25-16-23(18-8-6-5-7-9-18)29-24-15-20(27)10-12-22(24)25/h5-16,31H,3-4,17H2,1-2H3,(H,28,29). The average Bonchev–Trinajstić information content (AvgIpc) is 2.79. The average molecular weight is 432 g/mol. The molecule has 4 rings (SSSR count). The fourth-order valence-electron chi connectivity index (χ4n) is 3.70. The Bertz CT molecular complexity index is 1190. The molecule has 0 aliphatic heterocycles. The van der Waals surface area contributed by atoms with Gasteiger partial charge in [0.05, 0.1) is 16.9 Å². The van der Waals surface area contributed by atoms with Gasteiger partial charge in [0.25, 0.3) is 0 Å². The van der Waals surface area contributed by atoms with Gasteiger partial charge >= 0.3 is 0 Å². The Morgan fingerprint density at radius 2 is 1.71 bits per heavy atom. The Morgan fingerprint density at radius 1 is 0.935 bits per heavy atom. The topological polar surface area (TPSA) is 48.4 Å². The lowest BCUT2D eigenvalue weighted by Gasteiger charge is -2.19. The van der Waals surface area contributed by atoms with Crippen molar-refractivity contribution in [2.24, 2.45) is 0 Å². The first-order chi connectivity index (χ1) is 15.1. The number of aromatic nitrogens is 1. The lowest BCUT2D eigenvalue weighted by atomic mass is 10.1. The van der Waals surface area contributed by atoms with Crippen LogP contribution in [0.2, 0.25) is 5.02 Å². The first-order valence-corrected chi connectivity index (χ1v) is 10.9. The Labute approximate surface area is 188 Å². The maximum absolute atomic E-state index is 10.4. The second-order valence-electron chi connectivity index (χ2n) is 7.51. The number of benzene rings is 3. The van der Waals surface area contributed by atoms with Crippen LogP contribution >= 0.6 is 11.6 Å². The Balaban J connectivity index is 1.76. The van der Waals surface area contributed by atoms with Crippen molar-refractivity contribution in [2.45, 2.75) is 20.4 Å². The van der Waals surface area contributed by atoms with Crippen molar-refractivity contribution in [3.05, 3.63) is 83.4 Å². The summed E-state index contributed by atoms with van der Waals surface area (Å²) in [5.41, 5.74) is 5.51. The molecule has 1 aromatic heterocycles. The van der Waals surface area contributed by atoms with Gasteiger partial charge in [-0.3, -0.25) is 4.90 Å². The van der Waals surface area contributed by atoms with E-state index in [4.69, 9.17) is 16.6 Å². The zero-order valence-corrected chi connectivity index (χ0v) is 18.5. The maximum Gasteiger partial charge on any atom is 0.120 e. The zero-order valence-electron chi connectivity index (χ0n) is 17.8. The molecule has 5 heteroatoms. The van der Waals surface area contributed by atoms with Gasteiger partial charge in [-0.1, -0.05) is 55.8 Å². The highest BCUT2D eigenvalue weighted by Crippen LogP contribution is 2.33. The van der Waals surface area contributed by atoms with Gasteiger partial charge < -0.3 is 10.4 Å². The molecule has 0 aliphatic rings. The highest BCUT2D eigenvalue weighted by molar-refractivity contribution is 6.31. The SMILES string of the molecule is CCN(CC)Cc1cc(Nc2cc(-c3ccccc3)nc3cc(Cl)ccc23)ccc1O. The summed E-state index contributed by atoms with van der Waals surface area (Å²) in [6, 6.07) is 23.6. The molecule has 4 nitrogen and oxygen atoms in total. The molecule has 0 fully saturated rings. The van der Waals surface area contributed by atoms with E-state index in [1.165, 1.54) is 0 Å². The molecule has 0 unspecified atom stereocenters. The highest BCUT2D eigenvalue weighted by Gasteiger charge is 2.11. The summed E-state index contributed by atoms with van der Waals surface area (Å²) in [4.78, 5) is 7.10. The number of rotatable bonds is 7. The molecule has 0 spiro atoms. The largest absolute Gasteiger partial charge is 0.508 e. The predicted molar refractivity (Wildman–Crippen MR) is 130 cm³/mol. The van der Waals surface area contributed by atoms with Gasteiger partial charge in [-0.25, -0.2) is 4.98 Å². The van der Waals surface area contributed by atoms with Gasteiger partial charge in [-0.2, -0.15) is 0 Å². The fraction of sp³-hybridized carbons (Fsp3) is 0.192. The van der Waals surface area contributed by atoms with E-state index >= 15 is 0 Å². The summed E-state index contributed by atoms with van der Waals surface area (Å²) in [6.45, 7) is 6.83. The summed E-state index contributed by atoms with van der Waals surface area (Å²) in [7, 11) is 0. The molecule has 0 bridgehead atoms. The summed E-state index contributed by atoms with van der Waals surface area (Å²) in [6.07, 6.45) is 0. The number of phenolic OH excluding ortho intramolecular Hbond substituents is 1. The smallest absolute Gasteiger partial charge is 0.120 e. The molecule has 158 valence electrons. The molecular formula is C26H26ClN3O. The van der Waals surface area contributed by atoms with Crippen LogP contribution in [-0.4, -0.2) is 28.1 Å². The molecule has 1 heterocycles. The van der Waals surface area contributed by atoms with Crippen LogP contribution in [0.25, 0.3) is 22.2 Å². The second kappa shape index (κ2) is 9.38. The molecule has 2 N–H and O–H groups in total. The van der Waals surface area contributed by atoms with Crippen LogP contribution in [0.15, 0.2) is 72.8 Å². The number of aromatic hydroxyl groups is 1. The van der Waals surface area contributed by atoms with Crippen molar-refractivity contribution < 1.29 is 5.11 Å². The maximum atomic E-state index is 10.4. The van der Waals surface area contributed by atoms with Crippen LogP contribution in [0.5, 0.6) is 5.75 Å². The zero-order chi connectivity index (χ0) is 21.8. The normalized spacial score (nSPS) is 11.2. The molecule has 31 heavy (non-hydrogen) atoms. The van der Waals surface area contributed by atoms with E-state index in [9.17, 15) is 5.11 Å². The van der Waals surface area contributed by atoms with Crippen molar-refractivity contribution in [1.29, 1.82) is 0 Å². The number of pyridine rings is 1. The van der Waals surface area contributed by atoms with Crippen LogP contribution in [-0.2, 0) is 6.54 Å². The van der Waals surface area contributed by atoms with Crippen molar-refractivity contribution >= 4 is 33.9 Å². The molecule has 0 saturated carbocycles. The lowest BCUT2D eigenvalue weighted by molar-refractivity contribution is 0.291. The van der Waals surface area contributed by atoms with Gasteiger partial charge in [0.2, 0.25) is 0 Å². The summed E-state index contributed by atoms with van der Waals surface area (Å²) < 4.78 is 0. The molecule has 0 aliphatic carbocycles. The van der Waals surface area contributed by atoms with Crippen LogP contribution in [0.4, 0.5) is 11.4 Å². The van der Waals surface area contributed by atoms with Crippen molar-refractivity contribution in [3.8, 4) is 17.0 Å². The molecule has 0 amide bonds. The van der Waals surface area contributed by atoms with Crippen LogP contribution < -0.4 is 5.32 Å². The van der Waals surface area contributed by atoms with E-state index in [1.54, 1.807) is 6.07 Å². The van der Waals surface area contributed by atoms with Crippen LogP contribution in [0.3, 0.4) is 0 Å². The number of phenols is 1. The van der Waals surface area contributed by atoms with Gasteiger partial charge in [0.15, 0.2) is 0 Å². The van der Waals surface area contributed by atoms with Gasteiger partial charge in [0.1, 0.15) is 5.75 Å². The molecule has 3 aromatic carbocycles. The van der Waals surface area contributed by atoms with E-state index in [1.807, 2.05) is 60.7 Å². The first kappa shape index (κ1) is 21.2. The van der Waals surface area contributed by atoms with Gasteiger partial charge in [0, 0.05) is 33.8 Å². The van der Waals surface area contributed by atoms with E-state index < -0.39 is 0 Å². The van der Waals surface area contributed by atoms with E-state index in [2.05, 4.69) is 30.1 Å². The second-order valence-corrected chi connectivity index (χ2v) is 7.95. The molecule has 0 radical (unpaired) electrons. The minimum Gasteiger partial charge on any atom is -0.508 e. The lowest BCUT2D eigenvalue weighted by Crippen LogP contribution is -2.22. The third-order valence-electron chi connectivity index (χ3n) is 5.49. The number of anilines is 2. The van der Waals surface area contributed by atoms with Gasteiger partial charge in [-0.15, -0.1) is 0 Å².